The second kappa shape index (κ2) is 5.53. The Balaban J connectivity index is 2.39. The Hall–Kier alpha value is -3.03. The van der Waals surface area contributed by atoms with E-state index in [2.05, 4.69) is 4.98 Å². The van der Waals surface area contributed by atoms with Crippen molar-refractivity contribution < 1.29 is 14.6 Å². The van der Waals surface area contributed by atoms with Gasteiger partial charge in [0.15, 0.2) is 0 Å². The molecule has 1 aromatic carbocycles. The molecule has 1 aromatic heterocycles. The molecule has 0 aliphatic carbocycles. The van der Waals surface area contributed by atoms with E-state index in [9.17, 15) is 20.2 Å². The molecule has 0 unspecified atom stereocenters. The Morgan fingerprint density at radius 2 is 1.81 bits per heavy atom. The molecule has 0 fully saturated rings. The molecule has 0 bridgehead atoms. The quantitative estimate of drug-likeness (QED) is 0.631. The van der Waals surface area contributed by atoms with E-state index in [0.29, 0.717) is 11.1 Å². The Bertz CT molecular complexity index is 730. The second-order valence-corrected chi connectivity index (χ2v) is 4.35. The first-order valence-electron chi connectivity index (χ1n) is 5.93. The first kappa shape index (κ1) is 14.4. The van der Waals surface area contributed by atoms with Gasteiger partial charge in [-0.15, -0.1) is 0 Å². The summed E-state index contributed by atoms with van der Waals surface area (Å²) in [6.07, 6.45) is 1.06. The molecule has 1 heterocycles. The third-order valence-electron chi connectivity index (χ3n) is 2.85. The van der Waals surface area contributed by atoms with Gasteiger partial charge in [0.25, 0.3) is 5.69 Å². The van der Waals surface area contributed by atoms with Gasteiger partial charge in [-0.3, -0.25) is 20.2 Å². The van der Waals surface area contributed by atoms with E-state index in [1.165, 1.54) is 19.1 Å². The monoisotopic (exact) mass is 289 g/mol. The summed E-state index contributed by atoms with van der Waals surface area (Å²) in [5.74, 6) is 0.104. The van der Waals surface area contributed by atoms with Gasteiger partial charge in [-0.05, 0) is 19.9 Å². The van der Waals surface area contributed by atoms with Gasteiger partial charge < -0.3 is 4.74 Å². The van der Waals surface area contributed by atoms with E-state index in [0.717, 1.165) is 6.20 Å². The molecular formula is C13H11N3O5. The number of pyridine rings is 1. The summed E-state index contributed by atoms with van der Waals surface area (Å²) in [6, 6.07) is 6.03. The number of benzene rings is 1. The molecule has 108 valence electrons. The third kappa shape index (κ3) is 2.94. The number of aryl methyl sites for hydroxylation is 2. The van der Waals surface area contributed by atoms with Crippen LogP contribution in [0.4, 0.5) is 11.4 Å². The Labute approximate surface area is 119 Å². The molecule has 2 rings (SSSR count). The molecule has 0 atom stereocenters. The zero-order valence-electron chi connectivity index (χ0n) is 11.3. The molecule has 0 N–H and O–H groups in total. The first-order chi connectivity index (χ1) is 9.90. The van der Waals surface area contributed by atoms with Crippen molar-refractivity contribution in [3.8, 4) is 11.6 Å². The van der Waals surface area contributed by atoms with E-state index in [1.807, 2.05) is 0 Å². The molecule has 0 saturated carbocycles. The van der Waals surface area contributed by atoms with Gasteiger partial charge in [0.2, 0.25) is 11.6 Å². The summed E-state index contributed by atoms with van der Waals surface area (Å²) >= 11 is 0. The topological polar surface area (TPSA) is 108 Å². The van der Waals surface area contributed by atoms with Crippen LogP contribution in [0.3, 0.4) is 0 Å². The van der Waals surface area contributed by atoms with E-state index in [1.54, 1.807) is 19.1 Å². The molecule has 0 aliphatic rings. The molecule has 0 spiro atoms. The minimum Gasteiger partial charge on any atom is -0.432 e. The second-order valence-electron chi connectivity index (χ2n) is 4.35. The van der Waals surface area contributed by atoms with Crippen molar-refractivity contribution in [1.82, 2.24) is 4.98 Å². The van der Waals surface area contributed by atoms with Gasteiger partial charge in [-0.25, -0.2) is 4.98 Å². The first-order valence-corrected chi connectivity index (χ1v) is 5.93. The van der Waals surface area contributed by atoms with Crippen molar-refractivity contribution in [2.24, 2.45) is 0 Å². The van der Waals surface area contributed by atoms with Crippen molar-refractivity contribution in [1.29, 1.82) is 0 Å². The smallest absolute Gasteiger partial charge is 0.314 e. The van der Waals surface area contributed by atoms with Crippen molar-refractivity contribution in [3.63, 3.8) is 0 Å². The standard InChI is InChI=1S/C13H11N3O5/c1-8-4-3-5-11(13(8)16(19)20)21-12-6-9(2)10(7-14-12)15(17)18/h3-7H,1-2H3. The van der Waals surface area contributed by atoms with Crippen LogP contribution in [0.15, 0.2) is 30.5 Å². The third-order valence-corrected chi connectivity index (χ3v) is 2.85. The molecule has 0 amide bonds. The number of aromatic nitrogens is 1. The van der Waals surface area contributed by atoms with Crippen molar-refractivity contribution in [2.75, 3.05) is 0 Å². The zero-order valence-corrected chi connectivity index (χ0v) is 11.3. The lowest BCUT2D eigenvalue weighted by atomic mass is 10.2. The number of nitrogens with zero attached hydrogens (tertiary/aromatic N) is 3. The highest BCUT2D eigenvalue weighted by Crippen LogP contribution is 2.34. The lowest BCUT2D eigenvalue weighted by molar-refractivity contribution is -0.386. The molecular weight excluding hydrogens is 278 g/mol. The number of ether oxygens (including phenoxy) is 1. The maximum Gasteiger partial charge on any atom is 0.314 e. The van der Waals surface area contributed by atoms with Crippen LogP contribution < -0.4 is 4.74 Å². The average molecular weight is 289 g/mol. The number of nitro benzene ring substituents is 1. The van der Waals surface area contributed by atoms with E-state index in [4.69, 9.17) is 4.74 Å². The van der Waals surface area contributed by atoms with Crippen molar-refractivity contribution in [2.45, 2.75) is 13.8 Å². The van der Waals surface area contributed by atoms with Gasteiger partial charge in [0.05, 0.1) is 9.85 Å². The predicted octanol–water partition coefficient (Wildman–Crippen LogP) is 3.31. The summed E-state index contributed by atoms with van der Waals surface area (Å²) in [4.78, 5) is 24.5. The van der Waals surface area contributed by atoms with E-state index in [-0.39, 0.29) is 23.0 Å². The highest BCUT2D eigenvalue weighted by atomic mass is 16.6. The van der Waals surface area contributed by atoms with Crippen LogP contribution >= 0.6 is 0 Å². The van der Waals surface area contributed by atoms with Crippen LogP contribution in [-0.2, 0) is 0 Å². The maximum absolute atomic E-state index is 11.1. The Morgan fingerprint density at radius 1 is 1.10 bits per heavy atom. The van der Waals surface area contributed by atoms with Gasteiger partial charge in [-0.1, -0.05) is 12.1 Å². The highest BCUT2D eigenvalue weighted by Gasteiger charge is 2.20. The summed E-state index contributed by atoms with van der Waals surface area (Å²) in [5, 5.41) is 21.8. The van der Waals surface area contributed by atoms with Gasteiger partial charge >= 0.3 is 5.69 Å². The summed E-state index contributed by atoms with van der Waals surface area (Å²) in [6.45, 7) is 3.14. The van der Waals surface area contributed by atoms with Crippen LogP contribution in [-0.4, -0.2) is 14.8 Å². The van der Waals surface area contributed by atoms with Crippen molar-refractivity contribution in [3.05, 3.63) is 61.8 Å². The summed E-state index contributed by atoms with van der Waals surface area (Å²) < 4.78 is 5.39. The van der Waals surface area contributed by atoms with Gasteiger partial charge in [0, 0.05) is 17.2 Å². The number of para-hydroxylation sites is 1. The molecule has 2 aromatic rings. The Kier molecular flexibility index (Phi) is 3.79. The fraction of sp³-hybridized carbons (Fsp3) is 0.154. The van der Waals surface area contributed by atoms with E-state index < -0.39 is 9.85 Å². The van der Waals surface area contributed by atoms with Gasteiger partial charge in [-0.2, -0.15) is 0 Å². The fourth-order valence-electron chi connectivity index (χ4n) is 1.83. The average Bonchev–Trinajstić information content (AvgIpc) is 2.37. The summed E-state index contributed by atoms with van der Waals surface area (Å²) in [5.41, 5.74) is 0.521. The minimum absolute atomic E-state index is 0.0424. The lowest BCUT2D eigenvalue weighted by Gasteiger charge is -2.07. The van der Waals surface area contributed by atoms with Crippen LogP contribution in [0, 0.1) is 34.1 Å². The van der Waals surface area contributed by atoms with Crippen LogP contribution in [0.1, 0.15) is 11.1 Å². The molecule has 8 heteroatoms. The highest BCUT2D eigenvalue weighted by molar-refractivity contribution is 5.53. The molecule has 0 aliphatic heterocycles. The number of hydrogen-bond donors (Lipinski definition) is 0. The number of nitro groups is 2. The SMILES string of the molecule is Cc1cc(Oc2cccc(C)c2[N+](=O)[O-])ncc1[N+](=O)[O-]. The molecule has 0 radical (unpaired) electrons. The van der Waals surface area contributed by atoms with Crippen molar-refractivity contribution >= 4 is 11.4 Å². The molecule has 8 nitrogen and oxygen atoms in total. The lowest BCUT2D eigenvalue weighted by Crippen LogP contribution is -1.98. The largest absolute Gasteiger partial charge is 0.432 e. The summed E-state index contributed by atoms with van der Waals surface area (Å²) in [7, 11) is 0. The zero-order chi connectivity index (χ0) is 15.6. The fourth-order valence-corrected chi connectivity index (χ4v) is 1.83. The van der Waals surface area contributed by atoms with Crippen LogP contribution in [0.25, 0.3) is 0 Å². The van der Waals surface area contributed by atoms with E-state index >= 15 is 0 Å². The molecule has 0 saturated heterocycles. The number of rotatable bonds is 4. The Morgan fingerprint density at radius 3 is 2.38 bits per heavy atom. The number of hydrogen-bond acceptors (Lipinski definition) is 6. The minimum atomic E-state index is -0.554. The van der Waals surface area contributed by atoms with Crippen LogP contribution in [0.5, 0.6) is 11.6 Å². The molecule has 21 heavy (non-hydrogen) atoms. The predicted molar refractivity (Wildman–Crippen MR) is 73.5 cm³/mol. The van der Waals surface area contributed by atoms with Gasteiger partial charge in [0.1, 0.15) is 6.20 Å². The van der Waals surface area contributed by atoms with Crippen LogP contribution in [0.2, 0.25) is 0 Å². The normalized spacial score (nSPS) is 10.2. The maximum atomic E-state index is 11.1.